The van der Waals surface area contributed by atoms with E-state index in [4.69, 9.17) is 16.6 Å². The van der Waals surface area contributed by atoms with E-state index in [1.54, 1.807) is 21.6 Å². The lowest BCUT2D eigenvalue weighted by atomic mass is 10.0. The predicted molar refractivity (Wildman–Crippen MR) is 81.9 cm³/mol. The highest BCUT2D eigenvalue weighted by atomic mass is 32.2. The van der Waals surface area contributed by atoms with Crippen molar-refractivity contribution in [3.63, 3.8) is 0 Å². The van der Waals surface area contributed by atoms with E-state index < -0.39 is 12.0 Å². The molecule has 2 unspecified atom stereocenters. The Kier molecular flexibility index (Phi) is 4.04. The molecule has 1 aromatic rings. The summed E-state index contributed by atoms with van der Waals surface area (Å²) in [4.78, 5) is 24.8. The van der Waals surface area contributed by atoms with Crippen LogP contribution in [-0.4, -0.2) is 55.4 Å². The molecule has 2 aliphatic rings. The number of aliphatic carboxylic acids is 1. The zero-order valence-electron chi connectivity index (χ0n) is 12.3. The van der Waals surface area contributed by atoms with Gasteiger partial charge in [-0.05, 0) is 0 Å². The first-order valence-electron chi connectivity index (χ1n) is 7.07. The molecule has 23 heavy (non-hydrogen) atoms. The summed E-state index contributed by atoms with van der Waals surface area (Å²) in [6.07, 6.45) is 1.72. The van der Waals surface area contributed by atoms with Crippen LogP contribution in [0.1, 0.15) is 0 Å². The first-order chi connectivity index (χ1) is 11.0. The summed E-state index contributed by atoms with van der Waals surface area (Å²) in [6, 6.07) is 1.04. The van der Waals surface area contributed by atoms with Crippen molar-refractivity contribution in [3.8, 4) is 0 Å². The van der Waals surface area contributed by atoms with Crippen LogP contribution in [0, 0.1) is 0 Å². The van der Waals surface area contributed by atoms with Gasteiger partial charge in [-0.15, -0.1) is 21.1 Å². The summed E-state index contributed by atoms with van der Waals surface area (Å²) >= 11 is 1.46. The summed E-state index contributed by atoms with van der Waals surface area (Å²) in [7, 11) is 0. The minimum atomic E-state index is -1.14. The molecule has 0 bridgehead atoms. The lowest BCUT2D eigenvalue weighted by Gasteiger charge is -2.47. The van der Waals surface area contributed by atoms with Crippen molar-refractivity contribution in [2.75, 3.05) is 18.1 Å². The zero-order chi connectivity index (χ0) is 16.7. The Balaban J connectivity index is 1.94. The number of carboxylic acid groups (broad SMARTS) is 1. The Morgan fingerprint density at radius 1 is 1.52 bits per heavy atom. The van der Waals surface area contributed by atoms with Gasteiger partial charge in [0, 0.05) is 11.3 Å². The van der Waals surface area contributed by atoms with E-state index >= 15 is 0 Å². The fraction of sp³-hybridized carbons (Fsp3) is 0.462. The standard InChI is InChI=1S/C13H17N5O4S/c14-8-1-2-16(17(8)3-4-19)5-7-6-23-12-9(15)11(20)18(12)10(7)13(21)22/h1-2,9,12,14,19H,3-6,15H2,(H,21,22)/p+1. The fourth-order valence-corrected chi connectivity index (χ4v) is 4.15. The third-order valence-corrected chi connectivity index (χ3v) is 5.34. The number of carboxylic acids is 1. The number of nitrogens with two attached hydrogens (primary N) is 2. The van der Waals surface area contributed by atoms with Gasteiger partial charge in [0.05, 0.1) is 12.7 Å². The highest BCUT2D eigenvalue weighted by Gasteiger charge is 2.52. The largest absolute Gasteiger partial charge is 0.477 e. The topological polar surface area (TPSA) is 139 Å². The molecule has 2 atom stereocenters. The molecule has 1 aromatic heterocycles. The van der Waals surface area contributed by atoms with E-state index in [-0.39, 0.29) is 30.1 Å². The number of rotatable bonds is 5. The smallest absolute Gasteiger partial charge is 0.352 e. The van der Waals surface area contributed by atoms with Gasteiger partial charge < -0.3 is 21.7 Å². The number of amides is 1. The van der Waals surface area contributed by atoms with Crippen molar-refractivity contribution in [3.05, 3.63) is 23.5 Å². The minimum Gasteiger partial charge on any atom is -0.477 e. The molecule has 1 amide bonds. The van der Waals surface area contributed by atoms with Gasteiger partial charge in [0.25, 0.3) is 0 Å². The Morgan fingerprint density at radius 3 is 2.91 bits per heavy atom. The first-order valence-corrected chi connectivity index (χ1v) is 8.11. The number of anilines is 1. The van der Waals surface area contributed by atoms with E-state index in [0.29, 0.717) is 23.7 Å². The number of β-lactam (4-membered cyclic amide) rings is 1. The Bertz CT molecular complexity index is 701. The number of carbonyl (C=O) groups excluding carboxylic acids is 1. The number of thioether (sulfide) groups is 1. The minimum absolute atomic E-state index is 0.00303. The second-order valence-electron chi connectivity index (χ2n) is 5.38. The molecule has 10 heteroatoms. The average molecular weight is 340 g/mol. The second kappa shape index (κ2) is 5.87. The molecular weight excluding hydrogens is 322 g/mol. The molecule has 0 aromatic carbocycles. The highest BCUT2D eigenvalue weighted by molar-refractivity contribution is 8.00. The van der Waals surface area contributed by atoms with E-state index in [1.165, 1.54) is 16.7 Å². The molecule has 1 saturated heterocycles. The third kappa shape index (κ3) is 2.48. The first kappa shape index (κ1) is 15.8. The number of aliphatic hydroxyl groups is 1. The monoisotopic (exact) mass is 340 g/mol. The van der Waals surface area contributed by atoms with Crippen LogP contribution >= 0.6 is 11.8 Å². The lowest BCUT2D eigenvalue weighted by molar-refractivity contribution is -0.767. The molecule has 0 saturated carbocycles. The van der Waals surface area contributed by atoms with Crippen LogP contribution in [0.3, 0.4) is 0 Å². The molecule has 2 aliphatic heterocycles. The van der Waals surface area contributed by atoms with Gasteiger partial charge in [-0.1, -0.05) is 0 Å². The molecule has 1 fully saturated rings. The molecule has 3 heterocycles. The molecule has 124 valence electrons. The van der Waals surface area contributed by atoms with Crippen molar-refractivity contribution in [2.24, 2.45) is 5.73 Å². The van der Waals surface area contributed by atoms with Crippen LogP contribution in [0.25, 0.3) is 0 Å². The third-order valence-electron chi connectivity index (χ3n) is 3.98. The molecular formula is C13H18N5O4S+. The van der Waals surface area contributed by atoms with E-state index in [0.717, 1.165) is 0 Å². The van der Waals surface area contributed by atoms with Crippen molar-refractivity contribution in [2.45, 2.75) is 24.5 Å². The summed E-state index contributed by atoms with van der Waals surface area (Å²) in [5, 5.41) is 18.3. The highest BCUT2D eigenvalue weighted by Crippen LogP contribution is 2.39. The average Bonchev–Trinajstić information content (AvgIpc) is 2.87. The van der Waals surface area contributed by atoms with Crippen LogP contribution in [0.2, 0.25) is 0 Å². The van der Waals surface area contributed by atoms with E-state index in [1.807, 2.05) is 0 Å². The molecule has 0 spiro atoms. The molecule has 3 rings (SSSR count). The summed E-state index contributed by atoms with van der Waals surface area (Å²) in [5.74, 6) is -0.562. The van der Waals surface area contributed by atoms with Gasteiger partial charge >= 0.3 is 5.97 Å². The molecule has 0 radical (unpaired) electrons. The maximum Gasteiger partial charge on any atom is 0.352 e. The number of aromatic nitrogens is 2. The SMILES string of the molecule is Nc1cc[n+](CC2=C(C(=O)O)N3C(=O)C(N)C3SC2)n1CCO. The number of hydrogen-bond acceptors (Lipinski definition) is 6. The maximum atomic E-state index is 11.9. The Labute approximate surface area is 136 Å². The van der Waals surface area contributed by atoms with Crippen LogP contribution in [0.15, 0.2) is 23.5 Å². The van der Waals surface area contributed by atoms with Crippen LogP contribution in [0.4, 0.5) is 5.82 Å². The van der Waals surface area contributed by atoms with Crippen LogP contribution < -0.4 is 16.1 Å². The van der Waals surface area contributed by atoms with E-state index in [9.17, 15) is 14.7 Å². The van der Waals surface area contributed by atoms with Crippen molar-refractivity contribution >= 4 is 29.5 Å². The number of aliphatic hydroxyl groups excluding tert-OH is 1. The van der Waals surface area contributed by atoms with E-state index in [2.05, 4.69) is 0 Å². The lowest BCUT2D eigenvalue weighted by Crippen LogP contribution is -2.68. The molecule has 0 aliphatic carbocycles. The Hall–Kier alpha value is -2.04. The van der Waals surface area contributed by atoms with Gasteiger partial charge in [0.2, 0.25) is 5.91 Å². The van der Waals surface area contributed by atoms with Crippen LogP contribution in [-0.2, 0) is 22.7 Å². The second-order valence-corrected chi connectivity index (χ2v) is 6.48. The number of nitrogens with zero attached hydrogens (tertiary/aromatic N) is 3. The maximum absolute atomic E-state index is 11.9. The van der Waals surface area contributed by atoms with Gasteiger partial charge in [-0.2, -0.15) is 0 Å². The van der Waals surface area contributed by atoms with Crippen molar-refractivity contribution in [1.82, 2.24) is 9.58 Å². The molecule has 9 nitrogen and oxygen atoms in total. The number of carbonyl (C=O) groups is 2. The van der Waals surface area contributed by atoms with Crippen molar-refractivity contribution < 1.29 is 24.5 Å². The number of fused-ring (bicyclic) bond motifs is 1. The van der Waals surface area contributed by atoms with Gasteiger partial charge in [0.1, 0.15) is 23.7 Å². The quantitative estimate of drug-likeness (QED) is 0.357. The van der Waals surface area contributed by atoms with Gasteiger partial charge in [0.15, 0.2) is 18.6 Å². The van der Waals surface area contributed by atoms with Crippen molar-refractivity contribution in [1.29, 1.82) is 0 Å². The summed E-state index contributed by atoms with van der Waals surface area (Å²) in [5.41, 5.74) is 12.2. The normalized spacial score (nSPS) is 23.7. The summed E-state index contributed by atoms with van der Waals surface area (Å²) in [6.45, 7) is 0.495. The number of hydrogen-bond donors (Lipinski definition) is 4. The van der Waals surface area contributed by atoms with Gasteiger partial charge in [-0.25, -0.2) is 4.79 Å². The molecule has 6 N–H and O–H groups in total. The predicted octanol–water partition coefficient (Wildman–Crippen LogP) is -2.07. The number of nitrogen functional groups attached to an aromatic ring is 1. The zero-order valence-corrected chi connectivity index (χ0v) is 13.1. The summed E-state index contributed by atoms with van der Waals surface area (Å²) < 4.78 is 3.39. The van der Waals surface area contributed by atoms with Gasteiger partial charge in [-0.3, -0.25) is 9.69 Å². The fourth-order valence-electron chi connectivity index (χ4n) is 2.86. The van der Waals surface area contributed by atoms with Crippen LogP contribution in [0.5, 0.6) is 0 Å². The Morgan fingerprint density at radius 2 is 2.26 bits per heavy atom.